The summed E-state index contributed by atoms with van der Waals surface area (Å²) in [4.78, 5) is 30.2. The molecule has 7 heteroatoms. The first kappa shape index (κ1) is 20.6. The van der Waals surface area contributed by atoms with E-state index in [1.54, 1.807) is 17.2 Å². The molecule has 2 aromatic rings. The first-order chi connectivity index (χ1) is 14.0. The van der Waals surface area contributed by atoms with Crippen LogP contribution in [0.3, 0.4) is 0 Å². The summed E-state index contributed by atoms with van der Waals surface area (Å²) in [6, 6.07) is 11.9. The SMILES string of the molecule is CCOC(=O)N1CCC(Nc2ccc(C(=O)NCc3cccc(C)c3)cn2)CC1. The Morgan fingerprint density at radius 1 is 1.21 bits per heavy atom. The predicted octanol–water partition coefficient (Wildman–Crippen LogP) is 3.35. The van der Waals surface area contributed by atoms with Crippen molar-refractivity contribution in [1.29, 1.82) is 0 Å². The molecule has 7 nitrogen and oxygen atoms in total. The molecule has 0 aliphatic carbocycles. The van der Waals surface area contributed by atoms with E-state index in [0.717, 1.165) is 24.2 Å². The molecule has 0 atom stereocenters. The molecule has 0 bridgehead atoms. The van der Waals surface area contributed by atoms with Gasteiger partial charge in [-0.1, -0.05) is 29.8 Å². The van der Waals surface area contributed by atoms with E-state index in [4.69, 9.17) is 4.74 Å². The molecule has 1 aliphatic heterocycles. The van der Waals surface area contributed by atoms with Crippen molar-refractivity contribution in [3.63, 3.8) is 0 Å². The van der Waals surface area contributed by atoms with Gasteiger partial charge in [-0.25, -0.2) is 9.78 Å². The van der Waals surface area contributed by atoms with Crippen LogP contribution in [0.2, 0.25) is 0 Å². The van der Waals surface area contributed by atoms with E-state index >= 15 is 0 Å². The lowest BCUT2D eigenvalue weighted by Crippen LogP contribution is -2.42. The van der Waals surface area contributed by atoms with Crippen LogP contribution < -0.4 is 10.6 Å². The summed E-state index contributed by atoms with van der Waals surface area (Å²) >= 11 is 0. The van der Waals surface area contributed by atoms with Crippen molar-refractivity contribution in [1.82, 2.24) is 15.2 Å². The van der Waals surface area contributed by atoms with Gasteiger partial charge in [0.15, 0.2) is 0 Å². The number of carbonyl (C=O) groups is 2. The van der Waals surface area contributed by atoms with Gasteiger partial charge >= 0.3 is 6.09 Å². The van der Waals surface area contributed by atoms with Gasteiger partial charge in [0.05, 0.1) is 12.2 Å². The lowest BCUT2D eigenvalue weighted by atomic mass is 10.1. The summed E-state index contributed by atoms with van der Waals surface area (Å²) in [6.07, 6.45) is 3.00. The minimum atomic E-state index is -0.245. The van der Waals surface area contributed by atoms with Crippen LogP contribution in [0.4, 0.5) is 10.6 Å². The molecule has 2 amide bonds. The molecule has 0 spiro atoms. The maximum atomic E-state index is 12.3. The molecular formula is C22H28N4O3. The number of piperidine rings is 1. The van der Waals surface area contributed by atoms with E-state index in [-0.39, 0.29) is 18.0 Å². The second kappa shape index (κ2) is 9.91. The van der Waals surface area contributed by atoms with Gasteiger partial charge < -0.3 is 20.3 Å². The number of benzene rings is 1. The molecule has 3 rings (SSSR count). The number of hydrogen-bond acceptors (Lipinski definition) is 5. The Kier molecular flexibility index (Phi) is 7.05. The van der Waals surface area contributed by atoms with Crippen LogP contribution >= 0.6 is 0 Å². The molecule has 1 fully saturated rings. The van der Waals surface area contributed by atoms with Crippen LogP contribution in [-0.4, -0.2) is 47.6 Å². The van der Waals surface area contributed by atoms with Crippen molar-refractivity contribution in [2.75, 3.05) is 25.0 Å². The minimum absolute atomic E-state index is 0.145. The number of ether oxygens (including phenoxy) is 1. The largest absolute Gasteiger partial charge is 0.450 e. The number of nitrogens with one attached hydrogen (secondary N) is 2. The minimum Gasteiger partial charge on any atom is -0.450 e. The molecule has 0 saturated carbocycles. The number of anilines is 1. The smallest absolute Gasteiger partial charge is 0.409 e. The highest BCUT2D eigenvalue weighted by Crippen LogP contribution is 2.16. The standard InChI is InChI=1S/C22H28N4O3/c1-3-29-22(28)26-11-9-19(10-12-26)25-20-8-7-18(15-23-20)21(27)24-14-17-6-4-5-16(2)13-17/h4-8,13,15,19H,3,9-12,14H2,1-2H3,(H,23,25)(H,24,27). The number of aryl methyl sites for hydroxylation is 1. The Labute approximate surface area is 171 Å². The predicted molar refractivity (Wildman–Crippen MR) is 112 cm³/mol. The molecule has 154 valence electrons. The highest BCUT2D eigenvalue weighted by molar-refractivity contribution is 5.94. The highest BCUT2D eigenvalue weighted by atomic mass is 16.6. The zero-order valence-electron chi connectivity index (χ0n) is 17.0. The highest BCUT2D eigenvalue weighted by Gasteiger charge is 2.23. The quantitative estimate of drug-likeness (QED) is 0.782. The van der Waals surface area contributed by atoms with Gasteiger partial charge in [0, 0.05) is 31.9 Å². The lowest BCUT2D eigenvalue weighted by molar-refractivity contribution is 0.0949. The Balaban J connectivity index is 1.46. The molecule has 2 heterocycles. The zero-order chi connectivity index (χ0) is 20.6. The Bertz CT molecular complexity index is 830. The summed E-state index contributed by atoms with van der Waals surface area (Å²) in [5.41, 5.74) is 2.76. The number of pyridine rings is 1. The maximum Gasteiger partial charge on any atom is 0.409 e. The fourth-order valence-electron chi connectivity index (χ4n) is 3.35. The molecule has 0 unspecified atom stereocenters. The van der Waals surface area contributed by atoms with Crippen molar-refractivity contribution in [2.24, 2.45) is 0 Å². The normalized spacial score (nSPS) is 14.3. The number of carbonyl (C=O) groups excluding carboxylic acids is 2. The molecule has 1 aliphatic rings. The van der Waals surface area contributed by atoms with Crippen molar-refractivity contribution in [2.45, 2.75) is 39.3 Å². The molecule has 1 aromatic heterocycles. The third-order valence-electron chi connectivity index (χ3n) is 4.93. The third kappa shape index (κ3) is 5.94. The zero-order valence-corrected chi connectivity index (χ0v) is 17.0. The monoisotopic (exact) mass is 396 g/mol. The molecular weight excluding hydrogens is 368 g/mol. The van der Waals surface area contributed by atoms with Gasteiger partial charge in [0.1, 0.15) is 5.82 Å². The number of likely N-dealkylation sites (tertiary alicyclic amines) is 1. The third-order valence-corrected chi connectivity index (χ3v) is 4.93. The van der Waals surface area contributed by atoms with Gasteiger partial charge in [-0.15, -0.1) is 0 Å². The summed E-state index contributed by atoms with van der Waals surface area (Å²) < 4.78 is 5.04. The Morgan fingerprint density at radius 2 is 2.00 bits per heavy atom. The van der Waals surface area contributed by atoms with Crippen molar-refractivity contribution in [3.05, 3.63) is 59.3 Å². The van der Waals surface area contributed by atoms with Crippen molar-refractivity contribution in [3.8, 4) is 0 Å². The van der Waals surface area contributed by atoms with E-state index in [1.807, 2.05) is 38.1 Å². The van der Waals surface area contributed by atoms with Crippen LogP contribution in [0.25, 0.3) is 0 Å². The van der Waals surface area contributed by atoms with E-state index in [9.17, 15) is 9.59 Å². The van der Waals surface area contributed by atoms with Gasteiger partial charge in [-0.3, -0.25) is 4.79 Å². The van der Waals surface area contributed by atoms with Crippen molar-refractivity contribution >= 4 is 17.8 Å². The molecule has 2 N–H and O–H groups in total. The first-order valence-corrected chi connectivity index (χ1v) is 10.0. The van der Waals surface area contributed by atoms with Crippen LogP contribution in [-0.2, 0) is 11.3 Å². The number of hydrogen-bond donors (Lipinski definition) is 2. The van der Waals surface area contributed by atoms with Crippen LogP contribution in [0.5, 0.6) is 0 Å². The molecule has 1 saturated heterocycles. The molecule has 0 radical (unpaired) electrons. The number of rotatable bonds is 6. The Hall–Kier alpha value is -3.09. The van der Waals surface area contributed by atoms with Gasteiger partial charge in [-0.2, -0.15) is 0 Å². The van der Waals surface area contributed by atoms with Gasteiger partial charge in [0.25, 0.3) is 5.91 Å². The molecule has 1 aromatic carbocycles. The molecule has 29 heavy (non-hydrogen) atoms. The van der Waals surface area contributed by atoms with E-state index in [2.05, 4.69) is 21.7 Å². The second-order valence-corrected chi connectivity index (χ2v) is 7.21. The van der Waals surface area contributed by atoms with Crippen molar-refractivity contribution < 1.29 is 14.3 Å². The number of nitrogens with zero attached hydrogens (tertiary/aromatic N) is 2. The topological polar surface area (TPSA) is 83.6 Å². The summed E-state index contributed by atoms with van der Waals surface area (Å²) in [5, 5.41) is 6.30. The summed E-state index contributed by atoms with van der Waals surface area (Å²) in [5.74, 6) is 0.586. The van der Waals surface area contributed by atoms with Gasteiger partial charge in [0.2, 0.25) is 0 Å². The Morgan fingerprint density at radius 3 is 2.66 bits per heavy atom. The number of amides is 2. The van der Waals surface area contributed by atoms with E-state index in [1.165, 1.54) is 5.56 Å². The average molecular weight is 396 g/mol. The fourth-order valence-corrected chi connectivity index (χ4v) is 3.35. The van der Waals surface area contributed by atoms with Crippen LogP contribution in [0.1, 0.15) is 41.3 Å². The van der Waals surface area contributed by atoms with Gasteiger partial charge in [-0.05, 0) is 44.4 Å². The van der Waals surface area contributed by atoms with Crippen LogP contribution in [0.15, 0.2) is 42.6 Å². The summed E-state index contributed by atoms with van der Waals surface area (Å²) in [6.45, 7) is 6.04. The van der Waals surface area contributed by atoms with E-state index < -0.39 is 0 Å². The summed E-state index contributed by atoms with van der Waals surface area (Å²) in [7, 11) is 0. The van der Waals surface area contributed by atoms with E-state index in [0.29, 0.717) is 31.8 Å². The number of aromatic nitrogens is 1. The van der Waals surface area contributed by atoms with Crippen LogP contribution in [0, 0.1) is 6.92 Å². The maximum absolute atomic E-state index is 12.3. The second-order valence-electron chi connectivity index (χ2n) is 7.21. The average Bonchev–Trinajstić information content (AvgIpc) is 2.73. The fraction of sp³-hybridized carbons (Fsp3) is 0.409. The first-order valence-electron chi connectivity index (χ1n) is 10.0. The lowest BCUT2D eigenvalue weighted by Gasteiger charge is -2.31.